The number of fused-ring (bicyclic) bond motifs is 2. The Bertz CT molecular complexity index is 1520. The summed E-state index contributed by atoms with van der Waals surface area (Å²) < 4.78 is 16.9. The van der Waals surface area contributed by atoms with Crippen molar-refractivity contribution in [1.82, 2.24) is 4.98 Å². The molecule has 1 aromatic carbocycles. The number of aliphatic hydroxyl groups excluding tert-OH is 1. The predicted octanol–water partition coefficient (Wildman–Crippen LogP) is 3.93. The van der Waals surface area contributed by atoms with Crippen molar-refractivity contribution in [2.75, 3.05) is 6.61 Å². The minimum Gasteiger partial charge on any atom is -0.483 e. The molecule has 2 aromatic heterocycles. The Labute approximate surface area is 237 Å². The van der Waals surface area contributed by atoms with Crippen molar-refractivity contribution in [3.05, 3.63) is 82.0 Å². The third-order valence-corrected chi connectivity index (χ3v) is 7.76. The number of nitrogens with zero attached hydrogens (tertiary/aromatic N) is 2. The molecule has 0 saturated heterocycles. The first-order chi connectivity index (χ1) is 19.5. The third-order valence-electron chi connectivity index (χ3n) is 7.76. The minimum absolute atomic E-state index is 0.0226. The van der Waals surface area contributed by atoms with Crippen molar-refractivity contribution in [3.8, 4) is 23.1 Å². The van der Waals surface area contributed by atoms with Crippen LogP contribution in [0.4, 0.5) is 0 Å². The summed E-state index contributed by atoms with van der Waals surface area (Å²) in [6.07, 6.45) is 2.05. The number of carbonyl (C=O) groups excluding carboxylic acids is 2. The summed E-state index contributed by atoms with van der Waals surface area (Å²) in [4.78, 5) is 43.0. The van der Waals surface area contributed by atoms with E-state index < -0.39 is 53.1 Å². The zero-order chi connectivity index (χ0) is 29.9. The maximum atomic E-state index is 13.6. The van der Waals surface area contributed by atoms with Crippen LogP contribution in [-0.2, 0) is 4.74 Å². The molecule has 3 heterocycles. The van der Waals surface area contributed by atoms with Gasteiger partial charge in [-0.1, -0.05) is 13.8 Å². The van der Waals surface area contributed by atoms with Gasteiger partial charge in [-0.3, -0.25) is 9.78 Å². The van der Waals surface area contributed by atoms with Gasteiger partial charge in [-0.05, 0) is 69.0 Å². The molecule has 1 aliphatic carbocycles. The zero-order valence-corrected chi connectivity index (χ0v) is 23.3. The first-order valence-corrected chi connectivity index (χ1v) is 13.4. The highest BCUT2D eigenvalue weighted by atomic mass is 16.5. The van der Waals surface area contributed by atoms with Gasteiger partial charge in [0.25, 0.3) is 0 Å². The Morgan fingerprint density at radius 3 is 2.56 bits per heavy atom. The van der Waals surface area contributed by atoms with Crippen LogP contribution in [0.5, 0.6) is 5.75 Å². The highest BCUT2D eigenvalue weighted by Crippen LogP contribution is 2.48. The van der Waals surface area contributed by atoms with Crippen LogP contribution in [0.25, 0.3) is 11.3 Å². The van der Waals surface area contributed by atoms with Gasteiger partial charge in [0.05, 0.1) is 34.8 Å². The zero-order valence-electron chi connectivity index (χ0n) is 23.3. The van der Waals surface area contributed by atoms with E-state index in [2.05, 4.69) is 4.98 Å². The first-order valence-electron chi connectivity index (χ1n) is 13.4. The maximum absolute atomic E-state index is 13.6. The summed E-state index contributed by atoms with van der Waals surface area (Å²) in [7, 11) is 0. The molecule has 0 radical (unpaired) electrons. The Morgan fingerprint density at radius 1 is 1.22 bits per heavy atom. The van der Waals surface area contributed by atoms with Gasteiger partial charge in [0.2, 0.25) is 0 Å². The van der Waals surface area contributed by atoms with Crippen LogP contribution >= 0.6 is 0 Å². The van der Waals surface area contributed by atoms with Crippen LogP contribution in [0.3, 0.4) is 0 Å². The minimum atomic E-state index is -1.60. The first kappa shape index (κ1) is 29.6. The van der Waals surface area contributed by atoms with E-state index >= 15 is 0 Å². The van der Waals surface area contributed by atoms with E-state index in [9.17, 15) is 24.6 Å². The van der Waals surface area contributed by atoms with Gasteiger partial charge in [0.15, 0.2) is 5.78 Å². The highest BCUT2D eigenvalue weighted by Gasteiger charge is 2.58. The van der Waals surface area contributed by atoms with E-state index in [1.807, 2.05) is 19.9 Å². The summed E-state index contributed by atoms with van der Waals surface area (Å²) >= 11 is 0. The Hall–Kier alpha value is -4.33. The van der Waals surface area contributed by atoms with Crippen LogP contribution in [0.2, 0.25) is 0 Å². The third kappa shape index (κ3) is 5.64. The number of benzene rings is 1. The summed E-state index contributed by atoms with van der Waals surface area (Å²) in [5.41, 5.74) is -2.93. The van der Waals surface area contributed by atoms with Crippen molar-refractivity contribution >= 4 is 11.8 Å². The number of aromatic nitrogens is 1. The van der Waals surface area contributed by atoms with Crippen molar-refractivity contribution in [1.29, 1.82) is 5.26 Å². The molecule has 0 amide bonds. The summed E-state index contributed by atoms with van der Waals surface area (Å²) in [5, 5.41) is 31.3. The quantitative estimate of drug-likeness (QED) is 0.438. The van der Waals surface area contributed by atoms with E-state index in [1.165, 1.54) is 43.5 Å². The summed E-state index contributed by atoms with van der Waals surface area (Å²) in [6.45, 7) is 6.68. The number of ether oxygens (including phenoxy) is 2. The number of hydrogen-bond donors (Lipinski definition) is 2. The summed E-state index contributed by atoms with van der Waals surface area (Å²) in [5.74, 6) is -2.64. The van der Waals surface area contributed by atoms with E-state index in [1.54, 1.807) is 25.3 Å². The van der Waals surface area contributed by atoms with Crippen LogP contribution < -0.4 is 10.4 Å². The Morgan fingerprint density at radius 2 is 1.93 bits per heavy atom. The Kier molecular flexibility index (Phi) is 8.42. The standard InChI is InChI=1S/C29H26N2O8.C2H6/c1-28(36,15-37-26(34)17-7-5-16(13-30)6-8-17)19-10-20-25(33)24-22(39-29(20,2)23(32)11-19)12-21(38-27(24)35)18-4-3-9-31-14-18;1-2/h3-9,12,14,19-20,23,32,36H,10-11,15H2,1-2H3;1-2H3. The van der Waals surface area contributed by atoms with E-state index in [0.29, 0.717) is 11.1 Å². The van der Waals surface area contributed by atoms with Gasteiger partial charge < -0.3 is 24.1 Å². The smallest absolute Gasteiger partial charge is 0.351 e. The lowest BCUT2D eigenvalue weighted by Gasteiger charge is -2.51. The molecule has 5 atom stereocenters. The number of aliphatic hydroxyl groups is 2. The number of carbonyl (C=O) groups is 2. The van der Waals surface area contributed by atoms with Gasteiger partial charge in [0.1, 0.15) is 29.3 Å². The van der Waals surface area contributed by atoms with Gasteiger partial charge in [-0.25, -0.2) is 9.59 Å². The molecule has 0 spiro atoms. The van der Waals surface area contributed by atoms with E-state index in [0.717, 1.165) is 0 Å². The number of esters is 1. The van der Waals surface area contributed by atoms with Crippen LogP contribution in [0.1, 0.15) is 66.8 Å². The number of hydrogen-bond acceptors (Lipinski definition) is 10. The van der Waals surface area contributed by atoms with Crippen LogP contribution in [0, 0.1) is 23.2 Å². The molecule has 1 saturated carbocycles. The predicted molar refractivity (Wildman–Crippen MR) is 147 cm³/mol. The molecule has 1 fully saturated rings. The van der Waals surface area contributed by atoms with Gasteiger partial charge >= 0.3 is 11.6 Å². The van der Waals surface area contributed by atoms with E-state index in [4.69, 9.17) is 19.2 Å². The van der Waals surface area contributed by atoms with Gasteiger partial charge in [0, 0.05) is 24.0 Å². The molecule has 2 aliphatic rings. The molecular weight excluding hydrogens is 528 g/mol. The largest absolute Gasteiger partial charge is 0.483 e. The lowest BCUT2D eigenvalue weighted by molar-refractivity contribution is -0.150. The lowest BCUT2D eigenvalue weighted by atomic mass is 9.62. The molecule has 5 rings (SSSR count). The second kappa shape index (κ2) is 11.6. The van der Waals surface area contributed by atoms with Crippen LogP contribution in [-0.4, -0.2) is 50.9 Å². The fourth-order valence-electron chi connectivity index (χ4n) is 5.30. The summed E-state index contributed by atoms with van der Waals surface area (Å²) in [6, 6.07) is 12.7. The highest BCUT2D eigenvalue weighted by molar-refractivity contribution is 6.02. The molecule has 214 valence electrons. The molecule has 1 aliphatic heterocycles. The van der Waals surface area contributed by atoms with Crippen LogP contribution in [0.15, 0.2) is 64.1 Å². The number of pyridine rings is 1. The second-order valence-corrected chi connectivity index (χ2v) is 10.4. The normalized spacial score (nSPS) is 24.2. The molecule has 3 aromatic rings. The van der Waals surface area contributed by atoms with Crippen molar-refractivity contribution in [3.63, 3.8) is 0 Å². The van der Waals surface area contributed by atoms with Crippen molar-refractivity contribution in [2.24, 2.45) is 11.8 Å². The molecule has 10 nitrogen and oxygen atoms in total. The lowest BCUT2D eigenvalue weighted by Crippen LogP contribution is -2.62. The number of Topliss-reactive ketones (excluding diaryl/α,β-unsaturated/α-hetero) is 1. The average Bonchev–Trinajstić information content (AvgIpc) is 2.98. The molecule has 2 N–H and O–H groups in total. The maximum Gasteiger partial charge on any atom is 0.351 e. The van der Waals surface area contributed by atoms with Crippen molar-refractivity contribution in [2.45, 2.75) is 57.8 Å². The fourth-order valence-corrected chi connectivity index (χ4v) is 5.30. The Balaban J connectivity index is 0.00000189. The topological polar surface area (TPSA) is 160 Å². The average molecular weight is 561 g/mol. The monoisotopic (exact) mass is 560 g/mol. The molecular formula is C31H32N2O8. The number of nitriles is 1. The number of ketones is 1. The SMILES string of the molecule is CC.CC(O)(COC(=O)c1ccc(C#N)cc1)C1CC(O)C2(C)Oc3cc(-c4cccnc4)oc(=O)c3C(=O)C2C1. The van der Waals surface area contributed by atoms with E-state index in [-0.39, 0.29) is 35.5 Å². The molecule has 5 unspecified atom stereocenters. The molecule has 41 heavy (non-hydrogen) atoms. The van der Waals surface area contributed by atoms with Crippen molar-refractivity contribution < 1.29 is 33.7 Å². The molecule has 10 heteroatoms. The van der Waals surface area contributed by atoms with Gasteiger partial charge in [-0.2, -0.15) is 5.26 Å². The van der Waals surface area contributed by atoms with Gasteiger partial charge in [-0.15, -0.1) is 0 Å². The fraction of sp³-hybridized carbons (Fsp3) is 0.387. The number of rotatable bonds is 5. The molecule has 0 bridgehead atoms. The second-order valence-electron chi connectivity index (χ2n) is 10.4.